The average Bonchev–Trinajstić information content (AvgIpc) is 2.79. The summed E-state index contributed by atoms with van der Waals surface area (Å²) in [6.45, 7) is 1.30. The van der Waals surface area contributed by atoms with Crippen molar-refractivity contribution in [1.29, 1.82) is 5.26 Å². The van der Waals surface area contributed by atoms with Crippen molar-refractivity contribution in [3.63, 3.8) is 0 Å². The topological polar surface area (TPSA) is 82.0 Å². The molecule has 0 heterocycles. The van der Waals surface area contributed by atoms with Crippen LogP contribution in [-0.4, -0.2) is 24.2 Å². The van der Waals surface area contributed by atoms with Gasteiger partial charge in [-0.1, -0.05) is 53.0 Å². The number of nitrogens with one attached hydrogen (secondary N) is 2. The number of hydrogen-bond acceptors (Lipinski definition) is 3. The van der Waals surface area contributed by atoms with Gasteiger partial charge >= 0.3 is 12.4 Å². The predicted octanol–water partition coefficient (Wildman–Crippen LogP) is 7.52. The number of nitriles is 1. The zero-order valence-corrected chi connectivity index (χ0v) is 21.5. The molecule has 14 heteroatoms. The predicted molar refractivity (Wildman–Crippen MR) is 131 cm³/mol. The lowest BCUT2D eigenvalue weighted by Gasteiger charge is -2.19. The zero-order chi connectivity index (χ0) is 28.8. The van der Waals surface area contributed by atoms with E-state index in [-0.39, 0.29) is 39.0 Å². The number of halogens is 9. The molecular formula is C24H18Cl3F6N3O2. The second-order valence-electron chi connectivity index (χ2n) is 7.90. The summed E-state index contributed by atoms with van der Waals surface area (Å²) in [5.74, 6) is -4.06. The molecule has 0 bridgehead atoms. The van der Waals surface area contributed by atoms with Crippen molar-refractivity contribution in [1.82, 2.24) is 10.6 Å². The van der Waals surface area contributed by atoms with Gasteiger partial charge in [0.25, 0.3) is 5.91 Å². The molecule has 38 heavy (non-hydrogen) atoms. The number of hydrogen-bond donors (Lipinski definition) is 2. The van der Waals surface area contributed by atoms with Crippen molar-refractivity contribution in [2.24, 2.45) is 0 Å². The number of nitrogens with zero attached hydrogens (tertiary/aromatic N) is 1. The number of benzene rings is 2. The first-order valence-electron chi connectivity index (χ1n) is 10.6. The fourth-order valence-electron chi connectivity index (χ4n) is 3.26. The molecule has 1 unspecified atom stereocenters. The molecule has 0 radical (unpaired) electrons. The van der Waals surface area contributed by atoms with Gasteiger partial charge in [-0.2, -0.15) is 31.6 Å². The van der Waals surface area contributed by atoms with Crippen molar-refractivity contribution in [3.05, 3.63) is 73.7 Å². The van der Waals surface area contributed by atoms with E-state index in [1.807, 2.05) is 0 Å². The summed E-state index contributed by atoms with van der Waals surface area (Å²) in [7, 11) is 0. The van der Waals surface area contributed by atoms with E-state index in [0.717, 1.165) is 30.3 Å². The lowest BCUT2D eigenvalue weighted by atomic mass is 9.96. The molecule has 0 saturated carbocycles. The van der Waals surface area contributed by atoms with Crippen LogP contribution in [0.15, 0.2) is 36.4 Å². The average molecular weight is 601 g/mol. The van der Waals surface area contributed by atoms with Crippen LogP contribution in [0.2, 0.25) is 15.1 Å². The molecule has 2 aromatic carbocycles. The lowest BCUT2D eigenvalue weighted by Crippen LogP contribution is -2.46. The molecule has 0 saturated heterocycles. The fourth-order valence-corrected chi connectivity index (χ4v) is 3.88. The van der Waals surface area contributed by atoms with Gasteiger partial charge in [0.05, 0.1) is 44.3 Å². The highest BCUT2D eigenvalue weighted by molar-refractivity contribution is 6.48. The summed E-state index contributed by atoms with van der Waals surface area (Å²) in [6, 6.07) is 6.02. The molecule has 0 aliphatic heterocycles. The highest BCUT2D eigenvalue weighted by atomic mass is 35.5. The molecule has 0 aliphatic rings. The number of carbonyl (C=O) groups excluding carboxylic acids is 2. The van der Waals surface area contributed by atoms with Crippen LogP contribution in [0.5, 0.6) is 0 Å². The highest BCUT2D eigenvalue weighted by Crippen LogP contribution is 2.41. The van der Waals surface area contributed by atoms with E-state index >= 15 is 0 Å². The van der Waals surface area contributed by atoms with E-state index < -0.39 is 47.4 Å². The standard InChI is InChI=1S/C24H18Cl3F6N3O2/c1-12(35-20(37)3-2-8-34)36-22(38)15-6-4-13(9-17(15)24(31,32)33)5-7-16(23(28,29)30)14-10-18(25)21(27)19(26)11-14/h4-7,9-12,16H,2-3H2,1H3,(H,35,37)(H,36,38)/b7-5+/t12-,16?/m1/s1. The third-order valence-electron chi connectivity index (χ3n) is 4.98. The molecule has 2 amide bonds. The van der Waals surface area contributed by atoms with Crippen LogP contribution in [0.1, 0.15) is 52.7 Å². The molecule has 0 aliphatic carbocycles. The summed E-state index contributed by atoms with van der Waals surface area (Å²) in [5.41, 5.74) is -2.86. The molecule has 0 fully saturated rings. The maximum Gasteiger partial charge on any atom is 0.417 e. The quantitative estimate of drug-likeness (QED) is 0.187. The molecule has 2 N–H and O–H groups in total. The molecule has 2 rings (SSSR count). The van der Waals surface area contributed by atoms with Crippen LogP contribution in [-0.2, 0) is 11.0 Å². The number of allylic oxidation sites excluding steroid dienone is 1. The summed E-state index contributed by atoms with van der Waals surface area (Å²) in [4.78, 5) is 24.1. The van der Waals surface area contributed by atoms with Crippen LogP contribution in [0.3, 0.4) is 0 Å². The molecule has 0 spiro atoms. The lowest BCUT2D eigenvalue weighted by molar-refractivity contribution is -0.139. The Bertz CT molecular complexity index is 1250. The number of amides is 2. The first kappa shape index (κ1) is 31.3. The van der Waals surface area contributed by atoms with Crippen molar-refractivity contribution >= 4 is 52.7 Å². The Balaban J connectivity index is 2.37. The minimum absolute atomic E-state index is 0.0903. The third kappa shape index (κ3) is 8.55. The van der Waals surface area contributed by atoms with E-state index in [4.69, 9.17) is 40.1 Å². The summed E-state index contributed by atoms with van der Waals surface area (Å²) >= 11 is 17.4. The number of alkyl halides is 6. The van der Waals surface area contributed by atoms with Crippen LogP contribution < -0.4 is 10.6 Å². The van der Waals surface area contributed by atoms with Gasteiger partial charge in [-0.3, -0.25) is 9.59 Å². The van der Waals surface area contributed by atoms with Gasteiger partial charge in [0.15, 0.2) is 0 Å². The smallest absolute Gasteiger partial charge is 0.336 e. The first-order valence-corrected chi connectivity index (χ1v) is 11.8. The van der Waals surface area contributed by atoms with Gasteiger partial charge < -0.3 is 10.6 Å². The van der Waals surface area contributed by atoms with Crippen LogP contribution in [0.25, 0.3) is 6.08 Å². The van der Waals surface area contributed by atoms with Crippen molar-refractivity contribution in [3.8, 4) is 6.07 Å². The highest BCUT2D eigenvalue weighted by Gasteiger charge is 2.40. The molecule has 0 aromatic heterocycles. The SMILES string of the molecule is C[C@H](NC(=O)CCC#N)NC(=O)c1ccc(/C=C/C(c2cc(Cl)c(Cl)c(Cl)c2)C(F)(F)F)cc1C(F)(F)F. The normalized spacial score (nSPS) is 13.6. The molecule has 2 atom stereocenters. The number of carbonyl (C=O) groups is 2. The fraction of sp³-hybridized carbons (Fsp3) is 0.292. The maximum atomic E-state index is 13.7. The van der Waals surface area contributed by atoms with Gasteiger partial charge in [-0.25, -0.2) is 0 Å². The summed E-state index contributed by atoms with van der Waals surface area (Å²) in [6.07, 6.45) is -9.76. The Kier molecular flexibility index (Phi) is 10.5. The number of rotatable bonds is 8. The van der Waals surface area contributed by atoms with Crippen molar-refractivity contribution < 1.29 is 35.9 Å². The molecule has 204 valence electrons. The van der Waals surface area contributed by atoms with Crippen molar-refractivity contribution in [2.45, 2.75) is 44.2 Å². The van der Waals surface area contributed by atoms with E-state index in [2.05, 4.69) is 10.6 Å². The first-order chi connectivity index (χ1) is 17.5. The van der Waals surface area contributed by atoms with Crippen LogP contribution in [0, 0.1) is 11.3 Å². The van der Waals surface area contributed by atoms with E-state index in [9.17, 15) is 35.9 Å². The second kappa shape index (κ2) is 12.7. The summed E-state index contributed by atoms with van der Waals surface area (Å²) < 4.78 is 82.4. The second-order valence-corrected chi connectivity index (χ2v) is 9.09. The Morgan fingerprint density at radius 3 is 2.16 bits per heavy atom. The van der Waals surface area contributed by atoms with Crippen LogP contribution in [0.4, 0.5) is 26.3 Å². The summed E-state index contributed by atoms with van der Waals surface area (Å²) in [5, 5.41) is 12.4. The van der Waals surface area contributed by atoms with Gasteiger partial charge in [0, 0.05) is 12.8 Å². The monoisotopic (exact) mass is 599 g/mol. The third-order valence-corrected chi connectivity index (χ3v) is 6.18. The Morgan fingerprint density at radius 2 is 1.63 bits per heavy atom. The largest absolute Gasteiger partial charge is 0.417 e. The molecule has 5 nitrogen and oxygen atoms in total. The van der Waals surface area contributed by atoms with E-state index in [0.29, 0.717) is 12.1 Å². The Labute approximate surface area is 228 Å². The van der Waals surface area contributed by atoms with Crippen molar-refractivity contribution in [2.75, 3.05) is 0 Å². The molecule has 2 aromatic rings. The van der Waals surface area contributed by atoms with Gasteiger partial charge in [0.2, 0.25) is 5.91 Å². The maximum absolute atomic E-state index is 13.7. The molecular weight excluding hydrogens is 583 g/mol. The minimum Gasteiger partial charge on any atom is -0.336 e. The van der Waals surface area contributed by atoms with Gasteiger partial charge in [-0.05, 0) is 42.3 Å². The van der Waals surface area contributed by atoms with Gasteiger partial charge in [-0.15, -0.1) is 0 Å². The Hall–Kier alpha value is -2.94. The minimum atomic E-state index is -5.03. The van der Waals surface area contributed by atoms with Gasteiger partial charge in [0.1, 0.15) is 0 Å². The van der Waals surface area contributed by atoms with E-state index in [1.54, 1.807) is 6.07 Å². The van der Waals surface area contributed by atoms with E-state index in [1.165, 1.54) is 6.92 Å². The Morgan fingerprint density at radius 1 is 1.03 bits per heavy atom. The zero-order valence-electron chi connectivity index (χ0n) is 19.3. The van der Waals surface area contributed by atoms with Crippen LogP contribution >= 0.6 is 34.8 Å².